The lowest BCUT2D eigenvalue weighted by Crippen LogP contribution is -1.98. The Labute approximate surface area is 159 Å². The van der Waals surface area contributed by atoms with Gasteiger partial charge in [0.25, 0.3) is 0 Å². The van der Waals surface area contributed by atoms with Crippen LogP contribution in [-0.4, -0.2) is 30.8 Å². The number of nitrogens with one attached hydrogen (secondary N) is 2. The van der Waals surface area contributed by atoms with Crippen molar-refractivity contribution in [2.75, 3.05) is 10.6 Å². The Hall–Kier alpha value is -3.59. The van der Waals surface area contributed by atoms with E-state index < -0.39 is 0 Å². The van der Waals surface area contributed by atoms with Gasteiger partial charge in [-0.2, -0.15) is 0 Å². The van der Waals surface area contributed by atoms with Crippen molar-refractivity contribution in [1.82, 2.24) is 30.8 Å². The maximum absolute atomic E-state index is 3.98. The first-order chi connectivity index (χ1) is 13.4. The fourth-order valence-electron chi connectivity index (χ4n) is 2.33. The Morgan fingerprint density at radius 1 is 0.593 bits per heavy atom. The SMILES string of the molecule is c1ccc(Sc2ccccc2Nc2ccnnn2)c(Nc2ccnnn2)c1. The summed E-state index contributed by atoms with van der Waals surface area (Å²) >= 11 is 1.63. The fraction of sp³-hybridized carbons (Fsp3) is 0. The minimum atomic E-state index is 0.636. The summed E-state index contributed by atoms with van der Waals surface area (Å²) in [4.78, 5) is 2.09. The van der Waals surface area contributed by atoms with Crippen molar-refractivity contribution in [3.63, 3.8) is 0 Å². The third-order valence-corrected chi connectivity index (χ3v) is 4.68. The van der Waals surface area contributed by atoms with Gasteiger partial charge >= 0.3 is 0 Å². The van der Waals surface area contributed by atoms with E-state index in [9.17, 15) is 0 Å². The first-order valence-electron chi connectivity index (χ1n) is 8.07. The molecule has 8 nitrogen and oxygen atoms in total. The van der Waals surface area contributed by atoms with Crippen LogP contribution in [0.2, 0.25) is 0 Å². The summed E-state index contributed by atoms with van der Waals surface area (Å²) in [6.07, 6.45) is 3.19. The van der Waals surface area contributed by atoms with Crippen LogP contribution in [0.1, 0.15) is 0 Å². The van der Waals surface area contributed by atoms with E-state index in [0.717, 1.165) is 21.2 Å². The van der Waals surface area contributed by atoms with Gasteiger partial charge in [0, 0.05) is 21.9 Å². The van der Waals surface area contributed by atoms with Crippen LogP contribution in [0.25, 0.3) is 0 Å². The van der Waals surface area contributed by atoms with Crippen molar-refractivity contribution in [1.29, 1.82) is 0 Å². The molecule has 9 heteroatoms. The number of nitrogens with zero attached hydrogens (tertiary/aromatic N) is 6. The van der Waals surface area contributed by atoms with E-state index in [2.05, 4.69) is 41.5 Å². The zero-order chi connectivity index (χ0) is 18.3. The van der Waals surface area contributed by atoms with Crippen LogP contribution in [0.5, 0.6) is 0 Å². The zero-order valence-electron chi connectivity index (χ0n) is 14.0. The van der Waals surface area contributed by atoms with Crippen molar-refractivity contribution in [2.45, 2.75) is 9.79 Å². The highest BCUT2D eigenvalue weighted by Crippen LogP contribution is 2.38. The molecule has 2 N–H and O–H groups in total. The number of aromatic nitrogens is 6. The predicted octanol–water partition coefficient (Wildman–Crippen LogP) is 3.70. The average Bonchev–Trinajstić information content (AvgIpc) is 2.72. The molecule has 0 aliphatic carbocycles. The number of rotatable bonds is 6. The van der Waals surface area contributed by atoms with E-state index in [-0.39, 0.29) is 0 Å². The van der Waals surface area contributed by atoms with Crippen molar-refractivity contribution < 1.29 is 0 Å². The molecular formula is C18H14N8S. The van der Waals surface area contributed by atoms with Crippen molar-refractivity contribution >= 4 is 34.8 Å². The number of hydrogen-bond acceptors (Lipinski definition) is 9. The lowest BCUT2D eigenvalue weighted by molar-refractivity contribution is 0.870. The highest BCUT2D eigenvalue weighted by molar-refractivity contribution is 7.99. The first-order valence-corrected chi connectivity index (χ1v) is 8.89. The second-order valence-electron chi connectivity index (χ2n) is 5.36. The summed E-state index contributed by atoms with van der Waals surface area (Å²) in [7, 11) is 0. The molecule has 0 unspecified atom stereocenters. The van der Waals surface area contributed by atoms with Crippen LogP contribution in [0.3, 0.4) is 0 Å². The summed E-state index contributed by atoms with van der Waals surface area (Å²) in [5, 5.41) is 29.2. The normalized spacial score (nSPS) is 10.4. The first kappa shape index (κ1) is 16.9. The second kappa shape index (κ2) is 8.19. The van der Waals surface area contributed by atoms with Gasteiger partial charge in [-0.15, -0.1) is 20.4 Å². The molecule has 132 valence electrons. The third-order valence-electron chi connectivity index (χ3n) is 3.53. The molecule has 0 bridgehead atoms. The van der Waals surface area contributed by atoms with Crippen LogP contribution in [-0.2, 0) is 0 Å². The van der Waals surface area contributed by atoms with Gasteiger partial charge in [-0.25, -0.2) is 0 Å². The van der Waals surface area contributed by atoms with Gasteiger partial charge in [0.15, 0.2) is 11.6 Å². The molecule has 2 heterocycles. The highest BCUT2D eigenvalue weighted by atomic mass is 32.2. The summed E-state index contributed by atoms with van der Waals surface area (Å²) in [6.45, 7) is 0. The van der Waals surface area contributed by atoms with Gasteiger partial charge in [-0.1, -0.05) is 36.0 Å². The summed E-state index contributed by atoms with van der Waals surface area (Å²) in [5.74, 6) is 1.27. The molecule has 0 saturated heterocycles. The van der Waals surface area contributed by atoms with E-state index in [1.165, 1.54) is 0 Å². The van der Waals surface area contributed by atoms with E-state index >= 15 is 0 Å². The minimum absolute atomic E-state index is 0.636. The molecule has 0 spiro atoms. The van der Waals surface area contributed by atoms with Crippen LogP contribution >= 0.6 is 11.8 Å². The van der Waals surface area contributed by atoms with Crippen LogP contribution in [0, 0.1) is 0 Å². The maximum Gasteiger partial charge on any atom is 0.156 e. The molecule has 0 fully saturated rings. The molecule has 2 aromatic carbocycles. The molecule has 0 radical (unpaired) electrons. The Balaban J connectivity index is 1.60. The smallest absolute Gasteiger partial charge is 0.156 e. The standard InChI is InChI=1S/C18H14N8S/c1-3-7-15(13(5-1)21-17-9-11-19-25-23-17)27-16-8-4-2-6-14(16)22-18-10-12-20-26-24-18/h1-12H,(H,19,21,23)(H,20,22,24). The monoisotopic (exact) mass is 374 g/mol. The van der Waals surface area contributed by atoms with Gasteiger partial charge in [-0.05, 0) is 34.7 Å². The summed E-state index contributed by atoms with van der Waals surface area (Å²) in [5.41, 5.74) is 1.86. The molecule has 27 heavy (non-hydrogen) atoms. The van der Waals surface area contributed by atoms with Crippen molar-refractivity contribution in [2.24, 2.45) is 0 Å². The number of para-hydroxylation sites is 2. The molecule has 0 amide bonds. The lowest BCUT2D eigenvalue weighted by Gasteiger charge is -2.13. The minimum Gasteiger partial charge on any atom is -0.338 e. The second-order valence-corrected chi connectivity index (χ2v) is 6.44. The van der Waals surface area contributed by atoms with E-state index in [4.69, 9.17) is 0 Å². The van der Waals surface area contributed by atoms with E-state index in [1.54, 1.807) is 36.3 Å². The molecule has 0 aliphatic rings. The van der Waals surface area contributed by atoms with Crippen LogP contribution in [0.4, 0.5) is 23.0 Å². The molecule has 4 aromatic rings. The van der Waals surface area contributed by atoms with Crippen LogP contribution < -0.4 is 10.6 Å². The van der Waals surface area contributed by atoms with Crippen molar-refractivity contribution in [3.05, 3.63) is 73.1 Å². The van der Waals surface area contributed by atoms with E-state index in [0.29, 0.717) is 11.6 Å². The molecule has 0 saturated carbocycles. The Kier molecular flexibility index (Phi) is 5.11. The Bertz CT molecular complexity index is 931. The van der Waals surface area contributed by atoms with Gasteiger partial charge in [-0.3, -0.25) is 0 Å². The summed E-state index contributed by atoms with van der Waals surface area (Å²) in [6, 6.07) is 19.6. The largest absolute Gasteiger partial charge is 0.338 e. The quantitative estimate of drug-likeness (QED) is 0.523. The third kappa shape index (κ3) is 4.33. The molecule has 0 aliphatic heterocycles. The highest BCUT2D eigenvalue weighted by Gasteiger charge is 2.09. The fourth-order valence-corrected chi connectivity index (χ4v) is 3.32. The van der Waals surface area contributed by atoms with Gasteiger partial charge in [0.1, 0.15) is 0 Å². The predicted molar refractivity (Wildman–Crippen MR) is 103 cm³/mol. The lowest BCUT2D eigenvalue weighted by atomic mass is 10.3. The molecule has 2 aromatic heterocycles. The Morgan fingerprint density at radius 2 is 1.07 bits per heavy atom. The maximum atomic E-state index is 3.98. The number of hydrogen-bond donors (Lipinski definition) is 2. The number of benzene rings is 2. The van der Waals surface area contributed by atoms with Gasteiger partial charge in [0.05, 0.1) is 23.8 Å². The van der Waals surface area contributed by atoms with Crippen LogP contribution in [0.15, 0.2) is 82.8 Å². The molecule has 0 atom stereocenters. The average molecular weight is 374 g/mol. The molecule has 4 rings (SSSR count). The van der Waals surface area contributed by atoms with Gasteiger partial charge < -0.3 is 10.6 Å². The zero-order valence-corrected chi connectivity index (χ0v) is 14.8. The topological polar surface area (TPSA) is 101 Å². The number of anilines is 4. The molecular weight excluding hydrogens is 360 g/mol. The Morgan fingerprint density at radius 3 is 1.52 bits per heavy atom. The van der Waals surface area contributed by atoms with Crippen molar-refractivity contribution in [3.8, 4) is 0 Å². The van der Waals surface area contributed by atoms with Gasteiger partial charge in [0.2, 0.25) is 0 Å². The van der Waals surface area contributed by atoms with E-state index in [1.807, 2.05) is 48.5 Å². The summed E-state index contributed by atoms with van der Waals surface area (Å²) < 4.78 is 0.